The van der Waals surface area contributed by atoms with Crippen molar-refractivity contribution >= 4 is 44.6 Å². The SMILES string of the molecule is CC(C)(C)c1ccc2c(c1)N(c1cc(C(C)(C)c3ccccc3)cc(C(C)(C)c3ccccc3)c1)[CH-]N2c1[c-]c(Oc2[c-]c3c(cc2)c2ccccc2n3-c2cc(C(C)(C)c3ccccc3)ccn2)ccc1.[Pt]. The summed E-state index contributed by atoms with van der Waals surface area (Å²) in [6.45, 7) is 22.9. The van der Waals surface area contributed by atoms with Crippen molar-refractivity contribution in [3.8, 4) is 17.3 Å². The summed E-state index contributed by atoms with van der Waals surface area (Å²) in [4.78, 5) is 9.58. The van der Waals surface area contributed by atoms with Crippen molar-refractivity contribution < 1.29 is 25.8 Å². The Morgan fingerprint density at radius 1 is 0.438 bits per heavy atom. The number of anilines is 4. The number of hydrogen-bond acceptors (Lipinski definition) is 4. The van der Waals surface area contributed by atoms with E-state index >= 15 is 0 Å². The van der Waals surface area contributed by atoms with E-state index in [1.165, 1.54) is 38.9 Å². The van der Waals surface area contributed by atoms with Crippen molar-refractivity contribution in [3.05, 3.63) is 258 Å². The van der Waals surface area contributed by atoms with Crippen LogP contribution in [0.2, 0.25) is 0 Å². The Morgan fingerprint density at radius 2 is 1.01 bits per heavy atom. The minimum absolute atomic E-state index is 0. The van der Waals surface area contributed by atoms with Crippen molar-refractivity contribution in [2.75, 3.05) is 9.80 Å². The molecule has 0 unspecified atom stereocenters. The molecule has 0 fully saturated rings. The van der Waals surface area contributed by atoms with Gasteiger partial charge in [-0.15, -0.1) is 48.1 Å². The molecule has 368 valence electrons. The second-order valence-electron chi connectivity index (χ2n) is 21.9. The Morgan fingerprint density at radius 3 is 1.63 bits per heavy atom. The van der Waals surface area contributed by atoms with Crippen LogP contribution in [0.25, 0.3) is 27.6 Å². The standard InChI is InChI=1S/C67H61N4O.Pt/c1-64(2,3)49-32-35-60-62(41-49)70(54-39-51(66(6,7)47-24-15-11-16-25-47)38-52(40-54)67(8,9)48-26-17-12-18-27-48)45-69(60)53-28-21-29-55(43-53)72-56-33-34-58-57-30-19-20-31-59(57)71(61(58)44-56)63-42-50(36-37-68-63)65(4,5)46-22-13-10-14-23-46;/h10-42,45H,1-9H3;/q-3;. The monoisotopic (exact) mass is 1130 g/mol. The first-order valence-corrected chi connectivity index (χ1v) is 25.1. The predicted molar refractivity (Wildman–Crippen MR) is 299 cm³/mol. The molecule has 3 heterocycles. The molecule has 0 aliphatic carbocycles. The van der Waals surface area contributed by atoms with Crippen molar-refractivity contribution in [1.29, 1.82) is 0 Å². The normalized spacial score (nSPS) is 13.1. The van der Waals surface area contributed by atoms with E-state index in [9.17, 15) is 0 Å². The second kappa shape index (κ2) is 19.0. The van der Waals surface area contributed by atoms with Crippen LogP contribution in [0.4, 0.5) is 22.7 Å². The topological polar surface area (TPSA) is 33.5 Å². The minimum Gasteiger partial charge on any atom is -0.509 e. The first-order chi connectivity index (χ1) is 34.6. The number of rotatable bonds is 11. The smallest absolute Gasteiger partial charge is 0.135 e. The Labute approximate surface area is 446 Å². The maximum Gasteiger partial charge on any atom is 0.135 e. The van der Waals surface area contributed by atoms with E-state index < -0.39 is 0 Å². The molecule has 10 aromatic rings. The van der Waals surface area contributed by atoms with Gasteiger partial charge in [-0.05, 0) is 92.2 Å². The molecule has 0 radical (unpaired) electrons. The van der Waals surface area contributed by atoms with Gasteiger partial charge in [0.05, 0.1) is 0 Å². The summed E-state index contributed by atoms with van der Waals surface area (Å²) in [6.07, 6.45) is 1.92. The van der Waals surface area contributed by atoms with Crippen LogP contribution in [0.5, 0.6) is 11.5 Å². The number of nitrogens with zero attached hydrogens (tertiary/aromatic N) is 4. The van der Waals surface area contributed by atoms with Crippen molar-refractivity contribution in [1.82, 2.24) is 9.55 Å². The summed E-state index contributed by atoms with van der Waals surface area (Å²) in [5, 5.41) is 2.21. The van der Waals surface area contributed by atoms with Gasteiger partial charge in [-0.1, -0.05) is 189 Å². The molecule has 0 atom stereocenters. The first kappa shape index (κ1) is 49.4. The van der Waals surface area contributed by atoms with Gasteiger partial charge >= 0.3 is 0 Å². The van der Waals surface area contributed by atoms with E-state index in [1.54, 1.807) is 0 Å². The van der Waals surface area contributed by atoms with E-state index in [-0.39, 0.29) is 42.7 Å². The van der Waals surface area contributed by atoms with Gasteiger partial charge in [0.2, 0.25) is 0 Å². The number of pyridine rings is 1. The van der Waals surface area contributed by atoms with Crippen molar-refractivity contribution in [2.45, 2.75) is 84.0 Å². The Hall–Kier alpha value is -7.20. The summed E-state index contributed by atoms with van der Waals surface area (Å²) in [7, 11) is 0. The summed E-state index contributed by atoms with van der Waals surface area (Å²) in [5.41, 5.74) is 14.0. The average molecular weight is 1130 g/mol. The molecule has 2 aromatic heterocycles. The number of para-hydroxylation sites is 1. The van der Waals surface area contributed by atoms with Crippen LogP contribution < -0.4 is 14.5 Å². The summed E-state index contributed by atoms with van der Waals surface area (Å²) >= 11 is 0. The summed E-state index contributed by atoms with van der Waals surface area (Å²) in [6, 6.07) is 76.9. The Kier molecular flexibility index (Phi) is 12.9. The van der Waals surface area contributed by atoms with Gasteiger partial charge in [-0.25, -0.2) is 4.98 Å². The Bertz CT molecular complexity index is 3540. The largest absolute Gasteiger partial charge is 0.509 e. The molecule has 8 aromatic carbocycles. The number of benzene rings is 8. The van der Waals surface area contributed by atoms with E-state index in [0.717, 1.165) is 50.4 Å². The van der Waals surface area contributed by atoms with E-state index in [4.69, 9.17) is 9.72 Å². The molecule has 1 aliphatic heterocycles. The second-order valence-corrected chi connectivity index (χ2v) is 21.9. The molecule has 0 amide bonds. The minimum atomic E-state index is -0.276. The maximum absolute atomic E-state index is 6.76. The summed E-state index contributed by atoms with van der Waals surface area (Å²) in [5.74, 6) is 2.01. The van der Waals surface area contributed by atoms with Crippen LogP contribution >= 0.6 is 0 Å². The molecule has 5 nitrogen and oxygen atoms in total. The fourth-order valence-electron chi connectivity index (χ4n) is 10.4. The molecular formula is C67H61N4OPt-3. The van der Waals surface area contributed by atoms with Crippen LogP contribution in [0.15, 0.2) is 200 Å². The molecule has 0 bridgehead atoms. The number of fused-ring (bicyclic) bond motifs is 4. The van der Waals surface area contributed by atoms with Crippen molar-refractivity contribution in [2.24, 2.45) is 0 Å². The van der Waals surface area contributed by atoms with Gasteiger partial charge in [0.1, 0.15) is 5.82 Å². The predicted octanol–water partition coefficient (Wildman–Crippen LogP) is 17.3. The summed E-state index contributed by atoms with van der Waals surface area (Å²) < 4.78 is 8.97. The zero-order chi connectivity index (χ0) is 50.0. The number of ether oxygens (including phenoxy) is 1. The molecule has 0 N–H and O–H groups in total. The van der Waals surface area contributed by atoms with E-state index in [0.29, 0.717) is 11.5 Å². The molecule has 0 saturated carbocycles. The van der Waals surface area contributed by atoms with Crippen LogP contribution in [0.3, 0.4) is 0 Å². The number of hydrogen-bond donors (Lipinski definition) is 0. The fraction of sp³-hybridized carbons (Fsp3) is 0.194. The fourth-order valence-corrected chi connectivity index (χ4v) is 10.4. The zero-order valence-corrected chi connectivity index (χ0v) is 45.4. The third-order valence-electron chi connectivity index (χ3n) is 15.2. The third-order valence-corrected chi connectivity index (χ3v) is 15.2. The molecule has 1 aliphatic rings. The van der Waals surface area contributed by atoms with Gasteiger partial charge in [-0.3, -0.25) is 0 Å². The third kappa shape index (κ3) is 9.08. The molecule has 0 saturated heterocycles. The van der Waals surface area contributed by atoms with E-state index in [2.05, 4.69) is 271 Å². The zero-order valence-electron chi connectivity index (χ0n) is 43.1. The van der Waals surface area contributed by atoms with Crippen molar-refractivity contribution in [3.63, 3.8) is 0 Å². The Balaban J connectivity index is 0.00000611. The van der Waals surface area contributed by atoms with Gasteiger partial charge in [0.25, 0.3) is 0 Å². The van der Waals surface area contributed by atoms with Gasteiger partial charge in [0, 0.05) is 77.6 Å². The first-order valence-electron chi connectivity index (χ1n) is 25.1. The van der Waals surface area contributed by atoms with Gasteiger partial charge in [0.15, 0.2) is 0 Å². The molecule has 11 rings (SSSR count). The maximum atomic E-state index is 6.76. The molecule has 0 spiro atoms. The van der Waals surface area contributed by atoms with Crippen LogP contribution in [0.1, 0.15) is 101 Å². The van der Waals surface area contributed by atoms with Crippen LogP contribution in [-0.4, -0.2) is 9.55 Å². The molecule has 73 heavy (non-hydrogen) atoms. The van der Waals surface area contributed by atoms with E-state index in [1.807, 2.05) is 24.4 Å². The molecular weight excluding hydrogens is 1070 g/mol. The number of aromatic nitrogens is 2. The van der Waals surface area contributed by atoms with Gasteiger partial charge < -0.3 is 19.1 Å². The molecule has 6 heteroatoms. The van der Waals surface area contributed by atoms with Crippen LogP contribution in [0, 0.1) is 18.8 Å². The van der Waals surface area contributed by atoms with Gasteiger partial charge in [-0.2, -0.15) is 12.1 Å². The quantitative estimate of drug-likeness (QED) is 0.121. The average Bonchev–Trinajstić information content (AvgIpc) is 3.95. The van der Waals surface area contributed by atoms with Crippen LogP contribution in [-0.2, 0) is 42.7 Å².